The van der Waals surface area contributed by atoms with Crippen LogP contribution in [0.15, 0.2) is 94.7 Å². The average Bonchev–Trinajstić information content (AvgIpc) is 2.93. The van der Waals surface area contributed by atoms with Crippen LogP contribution in [0.5, 0.6) is 0 Å². The van der Waals surface area contributed by atoms with E-state index in [1.54, 1.807) is 48.5 Å². The third kappa shape index (κ3) is 6.90. The number of nitrogens with one attached hydrogen (secondary N) is 2. The first kappa shape index (κ1) is 28.9. The third-order valence-electron chi connectivity index (χ3n) is 5.30. The van der Waals surface area contributed by atoms with Crippen LogP contribution in [-0.4, -0.2) is 21.7 Å². The molecule has 0 heterocycles. The molecule has 0 aliphatic heterocycles. The Labute approximate surface area is 244 Å². The van der Waals surface area contributed by atoms with Crippen LogP contribution in [0.2, 0.25) is 10.0 Å². The molecule has 2 N–H and O–H groups in total. The van der Waals surface area contributed by atoms with Crippen molar-refractivity contribution in [3.8, 4) is 0 Å². The van der Waals surface area contributed by atoms with Gasteiger partial charge in [-0.3, -0.25) is 29.8 Å². The molecular formula is C26H16Cl2N4O6S2. The second-order valence-electron chi connectivity index (χ2n) is 7.91. The first-order valence-corrected chi connectivity index (χ1v) is 14.1. The summed E-state index contributed by atoms with van der Waals surface area (Å²) in [5.74, 6) is -1.11. The number of nitro groups is 2. The van der Waals surface area contributed by atoms with E-state index in [1.165, 1.54) is 45.9 Å². The maximum Gasteiger partial charge on any atom is 0.288 e. The zero-order valence-electron chi connectivity index (χ0n) is 20.0. The molecule has 0 aliphatic rings. The summed E-state index contributed by atoms with van der Waals surface area (Å²) in [5.41, 5.74) is 0.326. The number of rotatable bonds is 9. The molecule has 202 valence electrons. The molecule has 14 heteroatoms. The lowest BCUT2D eigenvalue weighted by atomic mass is 10.2. The van der Waals surface area contributed by atoms with Crippen LogP contribution >= 0.6 is 44.8 Å². The van der Waals surface area contributed by atoms with Crippen LogP contribution < -0.4 is 10.6 Å². The Balaban J connectivity index is 1.49. The van der Waals surface area contributed by atoms with E-state index in [1.807, 2.05) is 0 Å². The van der Waals surface area contributed by atoms with Crippen LogP contribution in [0.4, 0.5) is 22.7 Å². The van der Waals surface area contributed by atoms with Crippen LogP contribution in [0, 0.1) is 20.2 Å². The second-order valence-corrected chi connectivity index (χ2v) is 10.9. The summed E-state index contributed by atoms with van der Waals surface area (Å²) in [7, 11) is 2.62. The fourth-order valence-electron chi connectivity index (χ4n) is 3.35. The Bertz CT molecular complexity index is 1530. The van der Waals surface area contributed by atoms with Gasteiger partial charge >= 0.3 is 0 Å². The van der Waals surface area contributed by atoms with Crippen molar-refractivity contribution in [1.29, 1.82) is 0 Å². The lowest BCUT2D eigenvalue weighted by Crippen LogP contribution is -2.13. The Morgan fingerprint density at radius 2 is 1.00 bits per heavy atom. The number of para-hydroxylation sites is 2. The largest absolute Gasteiger partial charge is 0.321 e. The van der Waals surface area contributed by atoms with E-state index in [-0.39, 0.29) is 32.5 Å². The van der Waals surface area contributed by atoms with Gasteiger partial charge in [0.05, 0.1) is 21.2 Å². The van der Waals surface area contributed by atoms with Crippen LogP contribution in [-0.2, 0) is 0 Å². The fraction of sp³-hybridized carbons (Fsp3) is 0. The Kier molecular flexibility index (Phi) is 9.27. The molecule has 40 heavy (non-hydrogen) atoms. The highest BCUT2D eigenvalue weighted by molar-refractivity contribution is 8.76. The van der Waals surface area contributed by atoms with Gasteiger partial charge in [0, 0.05) is 33.1 Å². The molecule has 0 unspecified atom stereocenters. The third-order valence-corrected chi connectivity index (χ3v) is 8.42. The number of carbonyl (C=O) groups excluding carboxylic acids is 2. The van der Waals surface area contributed by atoms with Gasteiger partial charge in [-0.15, -0.1) is 0 Å². The Morgan fingerprint density at radius 3 is 1.38 bits per heavy atom. The molecule has 4 rings (SSSR count). The van der Waals surface area contributed by atoms with Crippen LogP contribution in [0.1, 0.15) is 20.7 Å². The maximum absolute atomic E-state index is 12.8. The van der Waals surface area contributed by atoms with E-state index in [4.69, 9.17) is 23.2 Å². The maximum atomic E-state index is 12.8. The standard InChI is InChI=1S/C26H16Cl2N4O6S2/c27-17-11-9-15(13-21(17)31(35)36)25(33)29-19-5-1-3-7-23(19)39-40-24-8-4-2-6-20(24)30-26(34)16-10-12-18(28)22(14-16)32(37)38/h1-14H,(H,29,33)(H,30,34). The van der Waals surface area contributed by atoms with E-state index in [0.717, 1.165) is 12.1 Å². The van der Waals surface area contributed by atoms with Gasteiger partial charge in [-0.1, -0.05) is 69.1 Å². The minimum atomic E-state index is -0.663. The fourth-order valence-corrected chi connectivity index (χ4v) is 6.00. The second kappa shape index (κ2) is 12.8. The van der Waals surface area contributed by atoms with Gasteiger partial charge in [-0.05, 0) is 48.5 Å². The van der Waals surface area contributed by atoms with Gasteiger partial charge in [-0.2, -0.15) is 0 Å². The lowest BCUT2D eigenvalue weighted by Gasteiger charge is -2.13. The van der Waals surface area contributed by atoms with Gasteiger partial charge in [0.2, 0.25) is 0 Å². The normalized spacial score (nSPS) is 10.6. The summed E-state index contributed by atoms with van der Waals surface area (Å²) in [5, 5.41) is 27.7. The summed E-state index contributed by atoms with van der Waals surface area (Å²) in [4.78, 5) is 48.1. The van der Waals surface area contributed by atoms with Gasteiger partial charge < -0.3 is 10.6 Å². The number of amides is 2. The lowest BCUT2D eigenvalue weighted by molar-refractivity contribution is -0.384. The predicted octanol–water partition coefficient (Wildman–Crippen LogP) is 8.11. The molecule has 0 bridgehead atoms. The van der Waals surface area contributed by atoms with Crippen molar-refractivity contribution < 1.29 is 19.4 Å². The molecule has 0 saturated heterocycles. The van der Waals surface area contributed by atoms with Crippen molar-refractivity contribution in [2.45, 2.75) is 9.79 Å². The number of hydrogen-bond donors (Lipinski definition) is 2. The summed E-state index contributed by atoms with van der Waals surface area (Å²) < 4.78 is 0. The summed E-state index contributed by atoms with van der Waals surface area (Å²) in [6.45, 7) is 0. The van der Waals surface area contributed by atoms with Crippen molar-refractivity contribution in [3.05, 3.63) is 126 Å². The molecule has 2 amide bonds. The van der Waals surface area contributed by atoms with Crippen molar-refractivity contribution in [2.24, 2.45) is 0 Å². The number of nitro benzene ring substituents is 2. The molecule has 0 fully saturated rings. The number of hydrogen-bond acceptors (Lipinski definition) is 8. The Hall–Kier alpha value is -4.10. The van der Waals surface area contributed by atoms with Gasteiger partial charge in [-0.25, -0.2) is 0 Å². The molecule has 0 saturated carbocycles. The highest BCUT2D eigenvalue weighted by Gasteiger charge is 2.19. The summed E-state index contributed by atoms with van der Waals surface area (Å²) in [6.07, 6.45) is 0. The molecule has 10 nitrogen and oxygen atoms in total. The van der Waals surface area contributed by atoms with Crippen LogP contribution in [0.25, 0.3) is 0 Å². The average molecular weight is 615 g/mol. The molecule has 0 aliphatic carbocycles. The quantitative estimate of drug-likeness (QED) is 0.109. The zero-order chi connectivity index (χ0) is 28.8. The predicted molar refractivity (Wildman–Crippen MR) is 157 cm³/mol. The van der Waals surface area contributed by atoms with Crippen molar-refractivity contribution in [2.75, 3.05) is 10.6 Å². The van der Waals surface area contributed by atoms with Crippen molar-refractivity contribution in [3.63, 3.8) is 0 Å². The van der Waals surface area contributed by atoms with Crippen molar-refractivity contribution in [1.82, 2.24) is 0 Å². The minimum Gasteiger partial charge on any atom is -0.321 e. The molecule has 4 aromatic rings. The number of anilines is 2. The number of nitrogens with zero attached hydrogens (tertiary/aromatic N) is 2. The monoisotopic (exact) mass is 614 g/mol. The minimum absolute atomic E-state index is 0.0686. The van der Waals surface area contributed by atoms with E-state index < -0.39 is 21.7 Å². The first-order chi connectivity index (χ1) is 19.1. The van der Waals surface area contributed by atoms with Gasteiger partial charge in [0.1, 0.15) is 10.0 Å². The van der Waals surface area contributed by atoms with Gasteiger partial charge in [0.25, 0.3) is 23.2 Å². The topological polar surface area (TPSA) is 144 Å². The summed E-state index contributed by atoms with van der Waals surface area (Å²) >= 11 is 11.7. The van der Waals surface area contributed by atoms with E-state index >= 15 is 0 Å². The van der Waals surface area contributed by atoms with E-state index in [9.17, 15) is 29.8 Å². The van der Waals surface area contributed by atoms with Gasteiger partial charge in [0.15, 0.2) is 0 Å². The zero-order valence-corrected chi connectivity index (χ0v) is 23.1. The molecular weight excluding hydrogens is 599 g/mol. The number of carbonyl (C=O) groups is 2. The Morgan fingerprint density at radius 1 is 0.625 bits per heavy atom. The van der Waals surface area contributed by atoms with E-state index in [0.29, 0.717) is 21.2 Å². The molecule has 0 aromatic heterocycles. The van der Waals surface area contributed by atoms with Crippen LogP contribution in [0.3, 0.4) is 0 Å². The molecule has 4 aromatic carbocycles. The first-order valence-electron chi connectivity index (χ1n) is 11.2. The number of halogens is 2. The van der Waals surface area contributed by atoms with Crippen molar-refractivity contribution >= 4 is 79.4 Å². The molecule has 0 radical (unpaired) electrons. The molecule has 0 spiro atoms. The smallest absolute Gasteiger partial charge is 0.288 e. The summed E-state index contributed by atoms with van der Waals surface area (Å²) in [6, 6.07) is 21.5. The highest BCUT2D eigenvalue weighted by atomic mass is 35.5. The highest BCUT2D eigenvalue weighted by Crippen LogP contribution is 2.43. The number of benzene rings is 4. The van der Waals surface area contributed by atoms with E-state index in [2.05, 4.69) is 10.6 Å². The SMILES string of the molecule is O=C(Nc1ccccc1SSc1ccccc1NC(=O)c1ccc(Cl)c([N+](=O)[O-])c1)c1ccc(Cl)c([N+](=O)[O-])c1. The molecule has 0 atom stereocenters.